The van der Waals surface area contributed by atoms with Gasteiger partial charge >= 0.3 is 0 Å². The Kier molecular flexibility index (Phi) is 2.39. The molecule has 0 radical (unpaired) electrons. The fourth-order valence-corrected chi connectivity index (χ4v) is 2.25. The molecule has 0 aromatic carbocycles. The van der Waals surface area contributed by atoms with Gasteiger partial charge < -0.3 is 10.5 Å². The molecule has 0 amide bonds. The molecule has 1 fully saturated rings. The summed E-state index contributed by atoms with van der Waals surface area (Å²) >= 11 is 1.67. The third kappa shape index (κ3) is 1.50. The van der Waals surface area contributed by atoms with Crippen LogP contribution in [0, 0.1) is 0 Å². The molecule has 2 rings (SSSR count). The molecule has 2 heterocycles. The van der Waals surface area contributed by atoms with Crippen LogP contribution in [0.5, 0.6) is 0 Å². The molecular formula is C8H12N2OS. The molecule has 0 spiro atoms. The summed E-state index contributed by atoms with van der Waals surface area (Å²) in [5, 5.41) is 1.00. The van der Waals surface area contributed by atoms with Gasteiger partial charge in [-0.15, -0.1) is 11.3 Å². The van der Waals surface area contributed by atoms with E-state index in [0.29, 0.717) is 12.6 Å². The molecular weight excluding hydrogens is 172 g/mol. The Hall–Kier alpha value is -0.450. The second-order valence-corrected chi connectivity index (χ2v) is 4.01. The van der Waals surface area contributed by atoms with Gasteiger partial charge in [-0.3, -0.25) is 0 Å². The Morgan fingerprint density at radius 1 is 1.75 bits per heavy atom. The van der Waals surface area contributed by atoms with E-state index in [0.717, 1.165) is 18.0 Å². The van der Waals surface area contributed by atoms with Crippen LogP contribution in [0.1, 0.15) is 28.8 Å². The van der Waals surface area contributed by atoms with Crippen molar-refractivity contribution >= 4 is 11.3 Å². The van der Waals surface area contributed by atoms with Gasteiger partial charge in [0, 0.05) is 19.3 Å². The normalized spacial score (nSPS) is 23.2. The average Bonchev–Trinajstić information content (AvgIpc) is 2.75. The zero-order valence-corrected chi connectivity index (χ0v) is 7.64. The van der Waals surface area contributed by atoms with Crippen LogP contribution in [-0.4, -0.2) is 11.6 Å². The van der Waals surface area contributed by atoms with Gasteiger partial charge in [0.25, 0.3) is 0 Å². The lowest BCUT2D eigenvalue weighted by atomic mass is 10.2. The Morgan fingerprint density at radius 2 is 2.67 bits per heavy atom. The van der Waals surface area contributed by atoms with Gasteiger partial charge in [-0.1, -0.05) is 0 Å². The third-order valence-corrected chi connectivity index (χ3v) is 3.10. The van der Waals surface area contributed by atoms with Crippen molar-refractivity contribution < 1.29 is 4.74 Å². The molecule has 0 aliphatic carbocycles. The van der Waals surface area contributed by atoms with Gasteiger partial charge in [-0.25, -0.2) is 4.98 Å². The van der Waals surface area contributed by atoms with Crippen LogP contribution in [0.15, 0.2) is 6.20 Å². The minimum Gasteiger partial charge on any atom is -0.373 e. The highest BCUT2D eigenvalue weighted by molar-refractivity contribution is 7.11. The minimum atomic E-state index is 0.294. The topological polar surface area (TPSA) is 48.1 Å². The second-order valence-electron chi connectivity index (χ2n) is 2.86. The van der Waals surface area contributed by atoms with Crippen LogP contribution in [0.4, 0.5) is 0 Å². The standard InChI is InChI=1S/C8H12N2OS/c9-4-8-10-5-7(12-8)6-2-1-3-11-6/h5-6H,1-4,9H2. The first kappa shape index (κ1) is 8.16. The van der Waals surface area contributed by atoms with E-state index in [1.807, 2.05) is 6.20 Å². The molecule has 1 aromatic rings. The predicted octanol–water partition coefficient (Wildman–Crippen LogP) is 1.45. The van der Waals surface area contributed by atoms with Gasteiger partial charge in [-0.2, -0.15) is 0 Å². The van der Waals surface area contributed by atoms with E-state index in [-0.39, 0.29) is 0 Å². The van der Waals surface area contributed by atoms with Gasteiger partial charge in [-0.05, 0) is 12.8 Å². The van der Waals surface area contributed by atoms with Crippen LogP contribution in [0.2, 0.25) is 0 Å². The summed E-state index contributed by atoms with van der Waals surface area (Å²) in [6.45, 7) is 1.43. The molecule has 1 aromatic heterocycles. The SMILES string of the molecule is NCc1ncc(C2CCCO2)s1. The maximum atomic E-state index is 5.53. The number of hydrogen-bond acceptors (Lipinski definition) is 4. The lowest BCUT2D eigenvalue weighted by Crippen LogP contribution is -1.93. The number of thiazole rings is 1. The van der Waals surface area contributed by atoms with Crippen molar-refractivity contribution in [3.63, 3.8) is 0 Å². The van der Waals surface area contributed by atoms with Gasteiger partial charge in [0.05, 0.1) is 11.0 Å². The number of nitrogens with two attached hydrogens (primary N) is 1. The Bertz CT molecular complexity index is 255. The van der Waals surface area contributed by atoms with Crippen molar-refractivity contribution in [1.29, 1.82) is 0 Å². The van der Waals surface area contributed by atoms with E-state index >= 15 is 0 Å². The largest absolute Gasteiger partial charge is 0.373 e. The summed E-state index contributed by atoms with van der Waals surface area (Å²) in [7, 11) is 0. The maximum Gasteiger partial charge on any atom is 0.106 e. The van der Waals surface area contributed by atoms with Crippen LogP contribution in [0.3, 0.4) is 0 Å². The van der Waals surface area contributed by atoms with E-state index in [1.54, 1.807) is 11.3 Å². The van der Waals surface area contributed by atoms with E-state index in [2.05, 4.69) is 4.98 Å². The van der Waals surface area contributed by atoms with Gasteiger partial charge in [0.1, 0.15) is 5.01 Å². The summed E-state index contributed by atoms with van der Waals surface area (Å²) in [6, 6.07) is 0. The molecule has 2 N–H and O–H groups in total. The highest BCUT2D eigenvalue weighted by atomic mass is 32.1. The summed E-state index contributed by atoms with van der Waals surface area (Å²) in [5.41, 5.74) is 5.47. The molecule has 66 valence electrons. The van der Waals surface area contributed by atoms with Crippen molar-refractivity contribution in [3.8, 4) is 0 Å². The molecule has 0 bridgehead atoms. The summed E-state index contributed by atoms with van der Waals surface area (Å²) in [6.07, 6.45) is 4.48. The van der Waals surface area contributed by atoms with Crippen LogP contribution >= 0.6 is 11.3 Å². The fourth-order valence-electron chi connectivity index (χ4n) is 1.37. The quantitative estimate of drug-likeness (QED) is 0.756. The van der Waals surface area contributed by atoms with Crippen molar-refractivity contribution in [2.45, 2.75) is 25.5 Å². The molecule has 3 nitrogen and oxygen atoms in total. The number of hydrogen-bond donors (Lipinski definition) is 1. The third-order valence-electron chi connectivity index (χ3n) is 1.99. The molecule has 1 saturated heterocycles. The monoisotopic (exact) mass is 184 g/mol. The van der Waals surface area contributed by atoms with Gasteiger partial charge in [0.15, 0.2) is 0 Å². The zero-order valence-electron chi connectivity index (χ0n) is 6.82. The summed E-state index contributed by atoms with van der Waals surface area (Å²) in [4.78, 5) is 5.42. The van der Waals surface area contributed by atoms with Crippen molar-refractivity contribution in [2.75, 3.05) is 6.61 Å². The predicted molar refractivity (Wildman–Crippen MR) is 47.9 cm³/mol. The van der Waals surface area contributed by atoms with Crippen LogP contribution < -0.4 is 5.73 Å². The first-order valence-corrected chi connectivity index (χ1v) is 4.98. The Balaban J connectivity index is 2.11. The molecule has 4 heteroatoms. The number of aromatic nitrogens is 1. The Labute approximate surface area is 75.6 Å². The van der Waals surface area contributed by atoms with E-state index in [1.165, 1.54) is 11.3 Å². The number of ether oxygens (including phenoxy) is 1. The average molecular weight is 184 g/mol. The molecule has 1 unspecified atom stereocenters. The highest BCUT2D eigenvalue weighted by Crippen LogP contribution is 2.31. The van der Waals surface area contributed by atoms with Gasteiger partial charge in [0.2, 0.25) is 0 Å². The van der Waals surface area contributed by atoms with Crippen molar-refractivity contribution in [3.05, 3.63) is 16.1 Å². The summed E-state index contributed by atoms with van der Waals surface area (Å²) < 4.78 is 5.53. The lowest BCUT2D eigenvalue weighted by Gasteiger charge is -2.03. The summed E-state index contributed by atoms with van der Waals surface area (Å²) in [5.74, 6) is 0. The first-order chi connectivity index (χ1) is 5.90. The highest BCUT2D eigenvalue weighted by Gasteiger charge is 2.19. The smallest absolute Gasteiger partial charge is 0.106 e. The first-order valence-electron chi connectivity index (χ1n) is 4.16. The molecule has 1 atom stereocenters. The van der Waals surface area contributed by atoms with Crippen molar-refractivity contribution in [2.24, 2.45) is 5.73 Å². The minimum absolute atomic E-state index is 0.294. The van der Waals surface area contributed by atoms with E-state index in [4.69, 9.17) is 10.5 Å². The number of rotatable bonds is 2. The molecule has 0 saturated carbocycles. The van der Waals surface area contributed by atoms with E-state index < -0.39 is 0 Å². The fraction of sp³-hybridized carbons (Fsp3) is 0.625. The van der Waals surface area contributed by atoms with Crippen molar-refractivity contribution in [1.82, 2.24) is 4.98 Å². The maximum absolute atomic E-state index is 5.53. The lowest BCUT2D eigenvalue weighted by molar-refractivity contribution is 0.114. The molecule has 1 aliphatic heterocycles. The Morgan fingerprint density at radius 3 is 3.25 bits per heavy atom. The zero-order chi connectivity index (χ0) is 8.39. The van der Waals surface area contributed by atoms with Crippen LogP contribution in [-0.2, 0) is 11.3 Å². The second kappa shape index (κ2) is 3.51. The van der Waals surface area contributed by atoms with E-state index in [9.17, 15) is 0 Å². The molecule has 12 heavy (non-hydrogen) atoms. The molecule has 1 aliphatic rings. The van der Waals surface area contributed by atoms with Crippen LogP contribution in [0.25, 0.3) is 0 Å². The number of nitrogens with zero attached hydrogens (tertiary/aromatic N) is 1.